The number of hydrogen-bond donors (Lipinski definition) is 2. The van der Waals surface area contributed by atoms with Crippen molar-refractivity contribution in [2.45, 2.75) is 0 Å². The van der Waals surface area contributed by atoms with Crippen LogP contribution in [0.1, 0.15) is 0 Å². The van der Waals surface area contributed by atoms with Crippen LogP contribution in [0.15, 0.2) is 62.5 Å². The fourth-order valence-corrected chi connectivity index (χ4v) is 2.35. The van der Waals surface area contributed by atoms with Crippen molar-refractivity contribution in [3.8, 4) is 0 Å². The fraction of sp³-hybridized carbons (Fsp3) is 0.133. The van der Waals surface area contributed by atoms with Crippen molar-refractivity contribution in [3.05, 3.63) is 57.5 Å². The van der Waals surface area contributed by atoms with Crippen LogP contribution in [0.4, 0.5) is 11.4 Å². The second-order valence-corrected chi connectivity index (χ2v) is 6.23. The van der Waals surface area contributed by atoms with Gasteiger partial charge in [-0.2, -0.15) is 0 Å². The number of halogens is 2. The molecule has 0 bridgehead atoms. The molecule has 0 aromatic heterocycles. The number of anilines is 2. The molecule has 0 saturated carbocycles. The molecule has 2 rings (SSSR count). The first-order chi connectivity index (χ1) is 10.1. The Morgan fingerprint density at radius 2 is 1.86 bits per heavy atom. The van der Waals surface area contributed by atoms with Gasteiger partial charge in [-0.1, -0.05) is 37.9 Å². The van der Waals surface area contributed by atoms with E-state index in [-0.39, 0.29) is 0 Å². The zero-order valence-electron chi connectivity index (χ0n) is 11.6. The van der Waals surface area contributed by atoms with Gasteiger partial charge in [0.15, 0.2) is 5.96 Å². The molecule has 0 saturated heterocycles. The molecule has 4 nitrogen and oxygen atoms in total. The van der Waals surface area contributed by atoms with Crippen LogP contribution in [0.5, 0.6) is 0 Å². The van der Waals surface area contributed by atoms with E-state index in [1.54, 1.807) is 0 Å². The Bertz CT molecular complexity index is 626. The first-order valence-electron chi connectivity index (χ1n) is 6.35. The van der Waals surface area contributed by atoms with E-state index in [1.165, 1.54) is 0 Å². The maximum Gasteiger partial charge on any atom is 0.197 e. The number of guanidine groups is 1. The molecule has 0 radical (unpaired) electrons. The summed E-state index contributed by atoms with van der Waals surface area (Å²) in [6.07, 6.45) is 0. The number of hydrogen-bond acceptors (Lipinski definition) is 2. The largest absolute Gasteiger partial charge is 0.369 e. The molecule has 3 N–H and O–H groups in total. The van der Waals surface area contributed by atoms with Gasteiger partial charge in [-0.3, -0.25) is 0 Å². The monoisotopic (exact) mass is 410 g/mol. The SMILES string of the molecule is CN(C(N)=NCNc1ccc(Br)cc1)c1cccc(Br)c1. The summed E-state index contributed by atoms with van der Waals surface area (Å²) in [4.78, 5) is 6.17. The molecule has 2 aromatic carbocycles. The molecule has 0 unspecified atom stereocenters. The van der Waals surface area contributed by atoms with Crippen LogP contribution in [-0.2, 0) is 0 Å². The molecule has 110 valence electrons. The number of aliphatic imine (C=N–C) groups is 1. The molecule has 0 fully saturated rings. The lowest BCUT2D eigenvalue weighted by Crippen LogP contribution is -2.34. The highest BCUT2D eigenvalue weighted by Crippen LogP contribution is 2.18. The van der Waals surface area contributed by atoms with Crippen LogP contribution in [0.3, 0.4) is 0 Å². The van der Waals surface area contributed by atoms with Crippen molar-refractivity contribution in [1.29, 1.82) is 0 Å². The van der Waals surface area contributed by atoms with Gasteiger partial charge < -0.3 is 16.0 Å². The zero-order valence-corrected chi connectivity index (χ0v) is 14.7. The number of nitrogens with two attached hydrogens (primary N) is 1. The van der Waals surface area contributed by atoms with Crippen molar-refractivity contribution in [2.24, 2.45) is 10.7 Å². The minimum Gasteiger partial charge on any atom is -0.369 e. The second kappa shape index (κ2) is 7.47. The summed E-state index contributed by atoms with van der Waals surface area (Å²) >= 11 is 6.85. The fourth-order valence-electron chi connectivity index (χ4n) is 1.70. The second-order valence-electron chi connectivity index (χ2n) is 4.40. The van der Waals surface area contributed by atoms with E-state index in [2.05, 4.69) is 42.2 Å². The predicted molar refractivity (Wildman–Crippen MR) is 96.8 cm³/mol. The van der Waals surface area contributed by atoms with Crippen molar-refractivity contribution in [1.82, 2.24) is 0 Å². The lowest BCUT2D eigenvalue weighted by Gasteiger charge is -2.18. The highest BCUT2D eigenvalue weighted by atomic mass is 79.9. The first kappa shape index (κ1) is 15.9. The minimum absolute atomic E-state index is 0.422. The van der Waals surface area contributed by atoms with Gasteiger partial charge in [0.25, 0.3) is 0 Å². The van der Waals surface area contributed by atoms with Gasteiger partial charge in [-0.25, -0.2) is 4.99 Å². The molecule has 0 aliphatic heterocycles. The quantitative estimate of drug-likeness (QED) is 0.589. The average Bonchev–Trinajstić information content (AvgIpc) is 2.48. The topological polar surface area (TPSA) is 53.6 Å². The number of rotatable bonds is 4. The van der Waals surface area contributed by atoms with Crippen molar-refractivity contribution in [3.63, 3.8) is 0 Å². The molecule has 0 amide bonds. The van der Waals surface area contributed by atoms with Gasteiger partial charge in [0.2, 0.25) is 0 Å². The Hall–Kier alpha value is -1.53. The highest BCUT2D eigenvalue weighted by Gasteiger charge is 2.04. The number of nitrogens with one attached hydrogen (secondary N) is 1. The Kier molecular flexibility index (Phi) is 5.64. The van der Waals surface area contributed by atoms with Crippen molar-refractivity contribution >= 4 is 49.2 Å². The van der Waals surface area contributed by atoms with Gasteiger partial charge in [0.05, 0.1) is 0 Å². The van der Waals surface area contributed by atoms with E-state index in [9.17, 15) is 0 Å². The van der Waals surface area contributed by atoms with Gasteiger partial charge in [0.1, 0.15) is 6.67 Å². The standard InChI is InChI=1S/C15H16Br2N4/c1-21(14-4-2-3-12(17)9-14)15(18)20-10-19-13-7-5-11(16)6-8-13/h2-9,19H,10H2,1H3,(H2,18,20). The zero-order chi connectivity index (χ0) is 15.2. The van der Waals surface area contributed by atoms with Gasteiger partial charge >= 0.3 is 0 Å². The van der Waals surface area contributed by atoms with Gasteiger partial charge in [-0.15, -0.1) is 0 Å². The summed E-state index contributed by atoms with van der Waals surface area (Å²) in [6.45, 7) is 0.422. The summed E-state index contributed by atoms with van der Waals surface area (Å²) in [5.41, 5.74) is 7.98. The molecule has 0 aliphatic carbocycles. The normalized spacial score (nSPS) is 11.3. The van der Waals surface area contributed by atoms with Crippen LogP contribution in [-0.4, -0.2) is 19.7 Å². The molecular formula is C15H16Br2N4. The lowest BCUT2D eigenvalue weighted by atomic mass is 10.3. The van der Waals surface area contributed by atoms with Gasteiger partial charge in [-0.05, 0) is 42.5 Å². The molecule has 0 aliphatic rings. The third-order valence-electron chi connectivity index (χ3n) is 2.91. The molecule has 0 heterocycles. The molecule has 0 spiro atoms. The highest BCUT2D eigenvalue weighted by molar-refractivity contribution is 9.10. The van der Waals surface area contributed by atoms with Crippen LogP contribution in [0, 0.1) is 0 Å². The molecular weight excluding hydrogens is 396 g/mol. The van der Waals surface area contributed by atoms with E-state index in [1.807, 2.05) is 60.5 Å². The smallest absolute Gasteiger partial charge is 0.197 e. The molecule has 6 heteroatoms. The van der Waals surface area contributed by atoms with E-state index >= 15 is 0 Å². The molecule has 2 aromatic rings. The summed E-state index contributed by atoms with van der Waals surface area (Å²) in [6, 6.07) is 15.8. The average molecular weight is 412 g/mol. The molecule has 0 atom stereocenters. The van der Waals surface area contributed by atoms with Crippen molar-refractivity contribution < 1.29 is 0 Å². The van der Waals surface area contributed by atoms with E-state index in [4.69, 9.17) is 5.73 Å². The van der Waals surface area contributed by atoms with Crippen LogP contribution < -0.4 is 16.0 Å². The Morgan fingerprint density at radius 1 is 1.14 bits per heavy atom. The first-order valence-corrected chi connectivity index (χ1v) is 7.93. The van der Waals surface area contributed by atoms with Crippen LogP contribution in [0.25, 0.3) is 0 Å². The van der Waals surface area contributed by atoms with E-state index in [0.29, 0.717) is 12.6 Å². The maximum atomic E-state index is 6.00. The van der Waals surface area contributed by atoms with Crippen LogP contribution in [0.2, 0.25) is 0 Å². The summed E-state index contributed by atoms with van der Waals surface area (Å²) < 4.78 is 2.05. The third-order valence-corrected chi connectivity index (χ3v) is 3.93. The van der Waals surface area contributed by atoms with Gasteiger partial charge in [0, 0.05) is 27.4 Å². The lowest BCUT2D eigenvalue weighted by molar-refractivity contribution is 1.09. The number of nitrogens with zero attached hydrogens (tertiary/aromatic N) is 2. The summed E-state index contributed by atoms with van der Waals surface area (Å²) in [5, 5.41) is 3.20. The van der Waals surface area contributed by atoms with Crippen molar-refractivity contribution in [2.75, 3.05) is 23.9 Å². The summed E-state index contributed by atoms with van der Waals surface area (Å²) in [7, 11) is 1.89. The van der Waals surface area contributed by atoms with E-state index in [0.717, 1.165) is 20.3 Å². The Balaban J connectivity index is 1.95. The predicted octanol–water partition coefficient (Wildman–Crippen LogP) is 4.03. The maximum absolute atomic E-state index is 6.00. The number of benzene rings is 2. The van der Waals surface area contributed by atoms with Crippen LogP contribution >= 0.6 is 31.9 Å². The molecule has 21 heavy (non-hydrogen) atoms. The summed E-state index contributed by atoms with van der Waals surface area (Å²) in [5.74, 6) is 0.456. The third kappa shape index (κ3) is 4.75. The van der Waals surface area contributed by atoms with E-state index < -0.39 is 0 Å². The minimum atomic E-state index is 0.422. The Labute approximate surface area is 141 Å². The Morgan fingerprint density at radius 3 is 2.52 bits per heavy atom.